The van der Waals surface area contributed by atoms with Crippen LogP contribution in [0.2, 0.25) is 0 Å². The highest BCUT2D eigenvalue weighted by Gasteiger charge is 2.17. The van der Waals surface area contributed by atoms with Crippen molar-refractivity contribution in [1.29, 1.82) is 0 Å². The molecule has 1 aliphatic rings. The molecule has 1 amide bonds. The third-order valence-electron chi connectivity index (χ3n) is 2.87. The lowest BCUT2D eigenvalue weighted by atomic mass is 10.2. The minimum absolute atomic E-state index is 0. The molecule has 1 rings (SSSR count). The van der Waals surface area contributed by atoms with Crippen LogP contribution < -0.4 is 10.6 Å². The SMILES string of the molecule is CNCCC(=O)NCC(C)N1CCOCC1.Cl.Cl. The Kier molecular flexibility index (Phi) is 13.5. The predicted octanol–water partition coefficient (Wildman–Crippen LogP) is 0.276. The number of hydrogen-bond donors (Lipinski definition) is 2. The minimum Gasteiger partial charge on any atom is -0.379 e. The summed E-state index contributed by atoms with van der Waals surface area (Å²) in [6.07, 6.45) is 0.548. The lowest BCUT2D eigenvalue weighted by molar-refractivity contribution is -0.121. The molecule has 0 saturated carbocycles. The summed E-state index contributed by atoms with van der Waals surface area (Å²) in [4.78, 5) is 13.7. The van der Waals surface area contributed by atoms with E-state index in [1.165, 1.54) is 0 Å². The minimum atomic E-state index is 0. The molecule has 0 aromatic heterocycles. The summed E-state index contributed by atoms with van der Waals surface area (Å²) in [5.41, 5.74) is 0. The molecular formula is C11H25Cl2N3O2. The molecule has 1 aliphatic heterocycles. The van der Waals surface area contributed by atoms with Gasteiger partial charge in [-0.15, -0.1) is 24.8 Å². The van der Waals surface area contributed by atoms with Crippen LogP contribution in [0.1, 0.15) is 13.3 Å². The fourth-order valence-electron chi connectivity index (χ4n) is 1.74. The predicted molar refractivity (Wildman–Crippen MR) is 77.9 cm³/mol. The molecule has 0 aromatic carbocycles. The van der Waals surface area contributed by atoms with Crippen LogP contribution in [-0.2, 0) is 9.53 Å². The smallest absolute Gasteiger partial charge is 0.221 e. The van der Waals surface area contributed by atoms with Gasteiger partial charge in [-0.05, 0) is 14.0 Å². The van der Waals surface area contributed by atoms with Crippen molar-refractivity contribution < 1.29 is 9.53 Å². The van der Waals surface area contributed by atoms with Crippen LogP contribution >= 0.6 is 24.8 Å². The quantitative estimate of drug-likeness (QED) is 0.740. The number of ether oxygens (including phenoxy) is 1. The van der Waals surface area contributed by atoms with E-state index in [9.17, 15) is 4.79 Å². The van der Waals surface area contributed by atoms with Crippen molar-refractivity contribution in [2.24, 2.45) is 0 Å². The molecular weight excluding hydrogens is 277 g/mol. The lowest BCUT2D eigenvalue weighted by Gasteiger charge is -2.32. The summed E-state index contributed by atoms with van der Waals surface area (Å²) < 4.78 is 5.29. The highest BCUT2D eigenvalue weighted by molar-refractivity contribution is 5.85. The molecule has 1 saturated heterocycles. The van der Waals surface area contributed by atoms with Gasteiger partial charge in [-0.25, -0.2) is 0 Å². The van der Waals surface area contributed by atoms with Gasteiger partial charge in [0.2, 0.25) is 5.91 Å². The number of carbonyl (C=O) groups is 1. The standard InChI is InChI=1S/C11H23N3O2.2ClH/c1-10(14-5-7-16-8-6-14)9-13-11(15)3-4-12-2;;/h10,12H,3-9H2,1-2H3,(H,13,15);2*1H. The third-order valence-corrected chi connectivity index (χ3v) is 2.87. The van der Waals surface area contributed by atoms with Crippen molar-refractivity contribution in [3.63, 3.8) is 0 Å². The molecule has 0 spiro atoms. The van der Waals surface area contributed by atoms with Crippen LogP contribution in [-0.4, -0.2) is 63.3 Å². The maximum Gasteiger partial charge on any atom is 0.221 e. The van der Waals surface area contributed by atoms with Crippen molar-refractivity contribution in [2.45, 2.75) is 19.4 Å². The van der Waals surface area contributed by atoms with Gasteiger partial charge in [0.05, 0.1) is 13.2 Å². The van der Waals surface area contributed by atoms with Gasteiger partial charge in [0, 0.05) is 38.6 Å². The number of nitrogens with zero attached hydrogens (tertiary/aromatic N) is 1. The topological polar surface area (TPSA) is 53.6 Å². The first-order valence-electron chi connectivity index (χ1n) is 5.97. The number of rotatable bonds is 6. The van der Waals surface area contributed by atoms with Gasteiger partial charge in [0.15, 0.2) is 0 Å². The first-order valence-corrected chi connectivity index (χ1v) is 5.97. The Balaban J connectivity index is 0. The summed E-state index contributed by atoms with van der Waals surface area (Å²) in [6.45, 7) is 7.14. The highest BCUT2D eigenvalue weighted by Crippen LogP contribution is 2.02. The second kappa shape index (κ2) is 12.0. The molecule has 2 N–H and O–H groups in total. The van der Waals surface area contributed by atoms with Crippen LogP contribution in [0.3, 0.4) is 0 Å². The van der Waals surface area contributed by atoms with Gasteiger partial charge in [-0.1, -0.05) is 0 Å². The number of carbonyl (C=O) groups excluding carboxylic acids is 1. The van der Waals surface area contributed by atoms with Crippen LogP contribution in [0.15, 0.2) is 0 Å². The van der Waals surface area contributed by atoms with E-state index < -0.39 is 0 Å². The Morgan fingerprint density at radius 3 is 2.50 bits per heavy atom. The van der Waals surface area contributed by atoms with E-state index in [0.717, 1.165) is 39.4 Å². The molecule has 0 aromatic rings. The molecule has 110 valence electrons. The van der Waals surface area contributed by atoms with Crippen molar-refractivity contribution in [2.75, 3.05) is 46.4 Å². The molecule has 1 atom stereocenters. The Morgan fingerprint density at radius 2 is 1.94 bits per heavy atom. The van der Waals surface area contributed by atoms with Crippen molar-refractivity contribution in [1.82, 2.24) is 15.5 Å². The molecule has 0 radical (unpaired) electrons. The zero-order valence-electron chi connectivity index (χ0n) is 11.1. The van der Waals surface area contributed by atoms with Gasteiger partial charge >= 0.3 is 0 Å². The number of halogens is 2. The molecule has 1 heterocycles. The van der Waals surface area contributed by atoms with Crippen LogP contribution in [0, 0.1) is 0 Å². The van der Waals surface area contributed by atoms with Crippen molar-refractivity contribution in [3.05, 3.63) is 0 Å². The number of nitrogens with one attached hydrogen (secondary N) is 2. The molecule has 1 fully saturated rings. The first-order chi connectivity index (χ1) is 7.74. The van der Waals surface area contributed by atoms with E-state index in [1.54, 1.807) is 0 Å². The van der Waals surface area contributed by atoms with E-state index in [0.29, 0.717) is 12.5 Å². The maximum absolute atomic E-state index is 11.4. The van der Waals surface area contributed by atoms with Crippen LogP contribution in [0.5, 0.6) is 0 Å². The van der Waals surface area contributed by atoms with Gasteiger partial charge in [0.25, 0.3) is 0 Å². The second-order valence-corrected chi connectivity index (χ2v) is 4.15. The number of hydrogen-bond acceptors (Lipinski definition) is 4. The summed E-state index contributed by atoms with van der Waals surface area (Å²) >= 11 is 0. The second-order valence-electron chi connectivity index (χ2n) is 4.15. The van der Waals surface area contributed by atoms with Gasteiger partial charge in [0.1, 0.15) is 0 Å². The average Bonchev–Trinajstić information content (AvgIpc) is 2.34. The van der Waals surface area contributed by atoms with E-state index in [2.05, 4.69) is 22.5 Å². The molecule has 0 bridgehead atoms. The fourth-order valence-corrected chi connectivity index (χ4v) is 1.74. The van der Waals surface area contributed by atoms with Crippen molar-refractivity contribution in [3.8, 4) is 0 Å². The van der Waals surface area contributed by atoms with E-state index >= 15 is 0 Å². The fraction of sp³-hybridized carbons (Fsp3) is 0.909. The molecule has 7 heteroatoms. The van der Waals surface area contributed by atoms with Crippen LogP contribution in [0.25, 0.3) is 0 Å². The zero-order chi connectivity index (χ0) is 11.8. The molecule has 18 heavy (non-hydrogen) atoms. The van der Waals surface area contributed by atoms with E-state index in [4.69, 9.17) is 4.74 Å². The number of amides is 1. The van der Waals surface area contributed by atoms with E-state index in [-0.39, 0.29) is 30.7 Å². The maximum atomic E-state index is 11.4. The summed E-state index contributed by atoms with van der Waals surface area (Å²) in [5.74, 6) is 0.120. The Labute approximate surface area is 122 Å². The normalized spacial score (nSPS) is 17.2. The van der Waals surface area contributed by atoms with Gasteiger partial charge in [-0.3, -0.25) is 9.69 Å². The average molecular weight is 302 g/mol. The summed E-state index contributed by atoms with van der Waals surface area (Å²) in [5, 5.41) is 5.91. The molecule has 0 aliphatic carbocycles. The summed E-state index contributed by atoms with van der Waals surface area (Å²) in [6, 6.07) is 0.391. The van der Waals surface area contributed by atoms with Gasteiger partial charge in [-0.2, -0.15) is 0 Å². The molecule has 1 unspecified atom stereocenters. The number of morpholine rings is 1. The van der Waals surface area contributed by atoms with Crippen LogP contribution in [0.4, 0.5) is 0 Å². The Hall–Kier alpha value is -0.0700. The first kappa shape index (κ1) is 20.3. The molecule has 5 nitrogen and oxygen atoms in total. The highest BCUT2D eigenvalue weighted by atomic mass is 35.5. The van der Waals surface area contributed by atoms with E-state index in [1.807, 2.05) is 7.05 Å². The Bertz CT molecular complexity index is 214. The Morgan fingerprint density at radius 1 is 1.33 bits per heavy atom. The monoisotopic (exact) mass is 301 g/mol. The third kappa shape index (κ3) is 8.11. The largest absolute Gasteiger partial charge is 0.379 e. The van der Waals surface area contributed by atoms with Crippen molar-refractivity contribution >= 4 is 30.7 Å². The van der Waals surface area contributed by atoms with Gasteiger partial charge < -0.3 is 15.4 Å². The lowest BCUT2D eigenvalue weighted by Crippen LogP contribution is -2.47. The summed E-state index contributed by atoms with van der Waals surface area (Å²) in [7, 11) is 1.85. The zero-order valence-corrected chi connectivity index (χ0v) is 12.7.